The van der Waals surface area contributed by atoms with Crippen LogP contribution >= 0.6 is 0 Å². The van der Waals surface area contributed by atoms with Gasteiger partial charge >= 0.3 is 0 Å². The smallest absolute Gasteiger partial charge is 0.0384 e. The molecule has 0 spiro atoms. The topological polar surface area (TPSA) is 0 Å². The third-order valence-electron chi connectivity index (χ3n) is 3.75. The lowest BCUT2D eigenvalue weighted by Crippen LogP contribution is -2.19. The standard InChI is InChI=1S/C14H28/c1-4-8-14(11-12(2)3)13-9-6-5-7-10-13/h12-14H,4-11H2,1-3H3/t14-/m1/s1. The molecule has 1 rings (SSSR count). The molecule has 0 amide bonds. The highest BCUT2D eigenvalue weighted by atomic mass is 14.3. The SMILES string of the molecule is CCC[C@H](CC(C)C)C1CCCCC1. The van der Waals surface area contributed by atoms with Gasteiger partial charge in [0.2, 0.25) is 0 Å². The van der Waals surface area contributed by atoms with Gasteiger partial charge in [-0.1, -0.05) is 65.7 Å². The molecule has 1 saturated carbocycles. The van der Waals surface area contributed by atoms with Crippen LogP contribution in [0, 0.1) is 17.8 Å². The van der Waals surface area contributed by atoms with Crippen molar-refractivity contribution >= 4 is 0 Å². The van der Waals surface area contributed by atoms with Gasteiger partial charge < -0.3 is 0 Å². The van der Waals surface area contributed by atoms with Gasteiger partial charge in [-0.3, -0.25) is 0 Å². The zero-order chi connectivity index (χ0) is 10.4. The van der Waals surface area contributed by atoms with Crippen LogP contribution < -0.4 is 0 Å². The second-order valence-electron chi connectivity index (χ2n) is 5.58. The van der Waals surface area contributed by atoms with E-state index in [1.54, 1.807) is 0 Å². The molecule has 1 atom stereocenters. The summed E-state index contributed by atoms with van der Waals surface area (Å²) in [6.45, 7) is 7.10. The quantitative estimate of drug-likeness (QED) is 0.578. The van der Waals surface area contributed by atoms with Gasteiger partial charge in [0.25, 0.3) is 0 Å². The minimum Gasteiger partial charge on any atom is -0.0654 e. The molecule has 1 fully saturated rings. The highest BCUT2D eigenvalue weighted by molar-refractivity contribution is 4.74. The first-order valence-electron chi connectivity index (χ1n) is 6.74. The molecule has 1 aliphatic rings. The second kappa shape index (κ2) is 6.48. The van der Waals surface area contributed by atoms with Crippen molar-refractivity contribution in [2.45, 2.75) is 72.1 Å². The van der Waals surface area contributed by atoms with E-state index in [2.05, 4.69) is 20.8 Å². The van der Waals surface area contributed by atoms with Crippen molar-refractivity contribution in [3.8, 4) is 0 Å². The molecule has 0 heteroatoms. The molecule has 0 aliphatic heterocycles. The summed E-state index contributed by atoms with van der Waals surface area (Å²) in [6.07, 6.45) is 11.9. The molecule has 14 heavy (non-hydrogen) atoms. The Hall–Kier alpha value is 0. The van der Waals surface area contributed by atoms with Crippen LogP contribution in [0.5, 0.6) is 0 Å². The Bertz CT molecular complexity index is 131. The Labute approximate surface area is 90.5 Å². The summed E-state index contributed by atoms with van der Waals surface area (Å²) in [6, 6.07) is 0. The molecule has 0 radical (unpaired) electrons. The summed E-state index contributed by atoms with van der Waals surface area (Å²) in [5.74, 6) is 3.01. The second-order valence-corrected chi connectivity index (χ2v) is 5.58. The van der Waals surface area contributed by atoms with Crippen molar-refractivity contribution in [1.29, 1.82) is 0 Å². The van der Waals surface area contributed by atoms with Crippen LogP contribution in [0.15, 0.2) is 0 Å². The predicted octanol–water partition coefficient (Wildman–Crippen LogP) is 5.03. The van der Waals surface area contributed by atoms with E-state index in [1.807, 2.05) is 0 Å². The first kappa shape index (κ1) is 12.1. The largest absolute Gasteiger partial charge is 0.0654 e. The minimum atomic E-state index is 0.897. The molecular formula is C14H28. The number of hydrogen-bond acceptors (Lipinski definition) is 0. The van der Waals surface area contributed by atoms with E-state index in [-0.39, 0.29) is 0 Å². The fraction of sp³-hybridized carbons (Fsp3) is 1.00. The van der Waals surface area contributed by atoms with Crippen molar-refractivity contribution in [3.63, 3.8) is 0 Å². The Morgan fingerprint density at radius 3 is 2.21 bits per heavy atom. The van der Waals surface area contributed by atoms with Crippen molar-refractivity contribution < 1.29 is 0 Å². The van der Waals surface area contributed by atoms with E-state index in [0.717, 1.165) is 17.8 Å². The molecule has 0 nitrogen and oxygen atoms in total. The normalized spacial score (nSPS) is 21.4. The van der Waals surface area contributed by atoms with E-state index in [0.29, 0.717) is 0 Å². The third-order valence-corrected chi connectivity index (χ3v) is 3.75. The van der Waals surface area contributed by atoms with E-state index >= 15 is 0 Å². The van der Waals surface area contributed by atoms with Crippen molar-refractivity contribution in [3.05, 3.63) is 0 Å². The zero-order valence-electron chi connectivity index (χ0n) is 10.4. The summed E-state index contributed by atoms with van der Waals surface area (Å²) >= 11 is 0. The fourth-order valence-corrected chi connectivity index (χ4v) is 3.13. The van der Waals surface area contributed by atoms with Gasteiger partial charge in [-0.25, -0.2) is 0 Å². The molecule has 0 heterocycles. The lowest BCUT2D eigenvalue weighted by molar-refractivity contribution is 0.205. The predicted molar refractivity (Wildman–Crippen MR) is 64.4 cm³/mol. The molecule has 0 saturated heterocycles. The average Bonchev–Trinajstić information content (AvgIpc) is 2.18. The van der Waals surface area contributed by atoms with E-state index in [1.165, 1.54) is 51.4 Å². The van der Waals surface area contributed by atoms with E-state index < -0.39 is 0 Å². The molecule has 0 aromatic carbocycles. The molecule has 0 aromatic rings. The molecule has 0 bridgehead atoms. The lowest BCUT2D eigenvalue weighted by Gasteiger charge is -2.31. The molecule has 0 aromatic heterocycles. The Morgan fingerprint density at radius 1 is 1.07 bits per heavy atom. The van der Waals surface area contributed by atoms with Gasteiger partial charge in [0.1, 0.15) is 0 Å². The van der Waals surface area contributed by atoms with Gasteiger partial charge in [-0.15, -0.1) is 0 Å². The number of hydrogen-bond donors (Lipinski definition) is 0. The maximum Gasteiger partial charge on any atom is -0.0384 e. The molecular weight excluding hydrogens is 168 g/mol. The first-order valence-corrected chi connectivity index (χ1v) is 6.74. The summed E-state index contributed by atoms with van der Waals surface area (Å²) in [7, 11) is 0. The first-order chi connectivity index (χ1) is 6.74. The van der Waals surface area contributed by atoms with E-state index in [4.69, 9.17) is 0 Å². The van der Waals surface area contributed by atoms with Gasteiger partial charge in [-0.05, 0) is 24.2 Å². The fourth-order valence-electron chi connectivity index (χ4n) is 3.13. The third kappa shape index (κ3) is 4.02. The zero-order valence-corrected chi connectivity index (χ0v) is 10.4. The molecule has 0 unspecified atom stereocenters. The van der Waals surface area contributed by atoms with Gasteiger partial charge in [0.05, 0.1) is 0 Å². The summed E-state index contributed by atoms with van der Waals surface area (Å²) in [5.41, 5.74) is 0. The summed E-state index contributed by atoms with van der Waals surface area (Å²) in [5, 5.41) is 0. The maximum absolute atomic E-state index is 2.38. The van der Waals surface area contributed by atoms with Crippen LogP contribution in [0.1, 0.15) is 72.1 Å². The highest BCUT2D eigenvalue weighted by Gasteiger charge is 2.23. The van der Waals surface area contributed by atoms with Crippen LogP contribution in [-0.2, 0) is 0 Å². The van der Waals surface area contributed by atoms with Gasteiger partial charge in [-0.2, -0.15) is 0 Å². The van der Waals surface area contributed by atoms with Crippen LogP contribution in [0.25, 0.3) is 0 Å². The van der Waals surface area contributed by atoms with Gasteiger partial charge in [0, 0.05) is 0 Å². The van der Waals surface area contributed by atoms with Crippen LogP contribution in [-0.4, -0.2) is 0 Å². The van der Waals surface area contributed by atoms with Crippen LogP contribution in [0.2, 0.25) is 0 Å². The number of rotatable bonds is 5. The molecule has 1 aliphatic carbocycles. The van der Waals surface area contributed by atoms with Crippen molar-refractivity contribution in [1.82, 2.24) is 0 Å². The monoisotopic (exact) mass is 196 g/mol. The Balaban J connectivity index is 2.38. The summed E-state index contributed by atoms with van der Waals surface area (Å²) < 4.78 is 0. The Morgan fingerprint density at radius 2 is 1.71 bits per heavy atom. The maximum atomic E-state index is 2.38. The van der Waals surface area contributed by atoms with Crippen molar-refractivity contribution in [2.75, 3.05) is 0 Å². The van der Waals surface area contributed by atoms with Crippen LogP contribution in [0.3, 0.4) is 0 Å². The van der Waals surface area contributed by atoms with Crippen LogP contribution in [0.4, 0.5) is 0 Å². The van der Waals surface area contributed by atoms with Gasteiger partial charge in [0.15, 0.2) is 0 Å². The molecule has 0 N–H and O–H groups in total. The Kier molecular flexibility index (Phi) is 5.59. The lowest BCUT2D eigenvalue weighted by atomic mass is 9.75. The highest BCUT2D eigenvalue weighted by Crippen LogP contribution is 2.35. The average molecular weight is 196 g/mol. The summed E-state index contributed by atoms with van der Waals surface area (Å²) in [4.78, 5) is 0. The van der Waals surface area contributed by atoms with Crippen molar-refractivity contribution in [2.24, 2.45) is 17.8 Å². The minimum absolute atomic E-state index is 0.897. The molecule has 84 valence electrons. The van der Waals surface area contributed by atoms with E-state index in [9.17, 15) is 0 Å².